The first-order chi connectivity index (χ1) is 12.7. The van der Waals surface area contributed by atoms with Crippen molar-refractivity contribution < 1.29 is 0 Å². The first-order valence-electron chi connectivity index (χ1n) is 8.56. The summed E-state index contributed by atoms with van der Waals surface area (Å²) in [5.74, 6) is 0.379. The SMILES string of the molecule is CCn1c(=O)c2ccccc2n2c(=O)c3cc4ccccc4cc3nc12. The molecule has 0 radical (unpaired) electrons. The quantitative estimate of drug-likeness (QED) is 0.347. The first-order valence-corrected chi connectivity index (χ1v) is 8.56. The Bertz CT molecular complexity index is 1460. The van der Waals surface area contributed by atoms with E-state index in [0.717, 1.165) is 10.8 Å². The molecule has 0 aliphatic rings. The summed E-state index contributed by atoms with van der Waals surface area (Å²) in [4.78, 5) is 30.9. The lowest BCUT2D eigenvalue weighted by molar-refractivity contribution is 0.731. The zero-order valence-corrected chi connectivity index (χ0v) is 14.1. The fourth-order valence-electron chi connectivity index (χ4n) is 3.63. The van der Waals surface area contributed by atoms with Crippen LogP contribution >= 0.6 is 0 Å². The third-order valence-corrected chi connectivity index (χ3v) is 4.90. The van der Waals surface area contributed by atoms with Crippen molar-refractivity contribution >= 4 is 38.4 Å². The second kappa shape index (κ2) is 5.26. The fraction of sp³-hybridized carbons (Fsp3) is 0.0952. The van der Waals surface area contributed by atoms with Crippen molar-refractivity contribution in [2.45, 2.75) is 13.5 Å². The van der Waals surface area contributed by atoms with Crippen LogP contribution in [0, 0.1) is 0 Å². The van der Waals surface area contributed by atoms with Crippen LogP contribution in [0.5, 0.6) is 0 Å². The van der Waals surface area contributed by atoms with Crippen LogP contribution in [-0.2, 0) is 6.54 Å². The Balaban J connectivity index is 2.12. The van der Waals surface area contributed by atoms with E-state index in [4.69, 9.17) is 4.98 Å². The van der Waals surface area contributed by atoms with Gasteiger partial charge in [0.1, 0.15) is 0 Å². The summed E-state index contributed by atoms with van der Waals surface area (Å²) in [5, 5.41) is 3.08. The molecule has 0 spiro atoms. The van der Waals surface area contributed by atoms with Crippen molar-refractivity contribution in [1.29, 1.82) is 0 Å². The summed E-state index contributed by atoms with van der Waals surface area (Å²) in [6.45, 7) is 2.33. The van der Waals surface area contributed by atoms with Crippen molar-refractivity contribution in [3.05, 3.63) is 81.4 Å². The van der Waals surface area contributed by atoms with Crippen LogP contribution < -0.4 is 11.1 Å². The molecule has 5 rings (SSSR count). The molecule has 0 aliphatic heterocycles. The van der Waals surface area contributed by atoms with Crippen molar-refractivity contribution in [1.82, 2.24) is 14.0 Å². The van der Waals surface area contributed by atoms with Gasteiger partial charge in [-0.1, -0.05) is 36.4 Å². The van der Waals surface area contributed by atoms with Gasteiger partial charge in [-0.15, -0.1) is 0 Å². The Morgan fingerprint density at radius 3 is 2.31 bits per heavy atom. The largest absolute Gasteiger partial charge is 0.278 e. The number of hydrogen-bond acceptors (Lipinski definition) is 3. The number of benzene rings is 3. The number of rotatable bonds is 1. The zero-order chi connectivity index (χ0) is 17.8. The van der Waals surface area contributed by atoms with Gasteiger partial charge < -0.3 is 0 Å². The molecule has 26 heavy (non-hydrogen) atoms. The van der Waals surface area contributed by atoms with Crippen molar-refractivity contribution in [3.8, 4) is 0 Å². The summed E-state index contributed by atoms with van der Waals surface area (Å²) in [6.07, 6.45) is 0. The summed E-state index contributed by atoms with van der Waals surface area (Å²) in [7, 11) is 0. The minimum Gasteiger partial charge on any atom is -0.278 e. The Kier molecular flexibility index (Phi) is 3.00. The Morgan fingerprint density at radius 1 is 0.846 bits per heavy atom. The van der Waals surface area contributed by atoms with Gasteiger partial charge in [0, 0.05) is 6.54 Å². The van der Waals surface area contributed by atoms with Crippen LogP contribution in [0.2, 0.25) is 0 Å². The highest BCUT2D eigenvalue weighted by Gasteiger charge is 2.15. The van der Waals surface area contributed by atoms with Crippen molar-refractivity contribution in [2.75, 3.05) is 0 Å². The lowest BCUT2D eigenvalue weighted by Crippen LogP contribution is -2.28. The molecule has 0 fully saturated rings. The third-order valence-electron chi connectivity index (χ3n) is 4.90. The van der Waals surface area contributed by atoms with E-state index in [1.807, 2.05) is 55.5 Å². The van der Waals surface area contributed by atoms with E-state index in [9.17, 15) is 9.59 Å². The predicted octanol–water partition coefficient (Wildman–Crippen LogP) is 3.34. The van der Waals surface area contributed by atoms with Crippen LogP contribution in [-0.4, -0.2) is 14.0 Å². The monoisotopic (exact) mass is 341 g/mol. The van der Waals surface area contributed by atoms with Gasteiger partial charge in [0.2, 0.25) is 5.78 Å². The minimum atomic E-state index is -0.158. The van der Waals surface area contributed by atoms with Gasteiger partial charge in [-0.25, -0.2) is 9.38 Å². The van der Waals surface area contributed by atoms with E-state index < -0.39 is 0 Å². The number of para-hydroxylation sites is 1. The summed E-state index contributed by atoms with van der Waals surface area (Å²) < 4.78 is 3.11. The highest BCUT2D eigenvalue weighted by atomic mass is 16.1. The van der Waals surface area contributed by atoms with Gasteiger partial charge in [-0.05, 0) is 42.0 Å². The Labute approximate surface area is 147 Å². The molecule has 0 amide bonds. The topological polar surface area (TPSA) is 56.4 Å². The van der Waals surface area contributed by atoms with Gasteiger partial charge in [-0.2, -0.15) is 0 Å². The lowest BCUT2D eigenvalue weighted by Gasteiger charge is -2.13. The smallest absolute Gasteiger partial charge is 0.267 e. The minimum absolute atomic E-state index is 0.130. The molecular formula is C21H15N3O2. The molecule has 5 heteroatoms. The van der Waals surface area contributed by atoms with Crippen LogP contribution in [0.15, 0.2) is 70.3 Å². The maximum absolute atomic E-state index is 13.3. The molecule has 3 aromatic carbocycles. The number of aromatic nitrogens is 3. The van der Waals surface area contributed by atoms with Gasteiger partial charge in [-0.3, -0.25) is 14.2 Å². The molecule has 0 aliphatic carbocycles. The number of aryl methyl sites for hydroxylation is 1. The van der Waals surface area contributed by atoms with E-state index >= 15 is 0 Å². The van der Waals surface area contributed by atoms with Crippen LogP contribution in [0.4, 0.5) is 0 Å². The zero-order valence-electron chi connectivity index (χ0n) is 14.1. The summed E-state index contributed by atoms with van der Waals surface area (Å²) in [5.41, 5.74) is 0.902. The van der Waals surface area contributed by atoms with Crippen LogP contribution in [0.3, 0.4) is 0 Å². The highest BCUT2D eigenvalue weighted by Crippen LogP contribution is 2.21. The van der Waals surface area contributed by atoms with E-state index in [1.54, 1.807) is 21.1 Å². The van der Waals surface area contributed by atoms with Crippen LogP contribution in [0.1, 0.15) is 6.92 Å². The van der Waals surface area contributed by atoms with E-state index in [1.165, 1.54) is 0 Å². The Morgan fingerprint density at radius 2 is 1.54 bits per heavy atom. The van der Waals surface area contributed by atoms with E-state index in [0.29, 0.717) is 34.1 Å². The number of hydrogen-bond donors (Lipinski definition) is 0. The highest BCUT2D eigenvalue weighted by molar-refractivity contribution is 5.97. The predicted molar refractivity (Wildman–Crippen MR) is 104 cm³/mol. The number of fused-ring (bicyclic) bond motifs is 5. The fourth-order valence-corrected chi connectivity index (χ4v) is 3.63. The molecule has 5 nitrogen and oxygen atoms in total. The normalized spacial score (nSPS) is 11.7. The molecule has 0 saturated heterocycles. The first kappa shape index (κ1) is 14.8. The molecule has 0 bridgehead atoms. The summed E-state index contributed by atoms with van der Waals surface area (Å²) >= 11 is 0. The molecule has 5 aromatic rings. The van der Waals surface area contributed by atoms with Gasteiger partial charge >= 0.3 is 0 Å². The van der Waals surface area contributed by atoms with E-state index in [2.05, 4.69) is 0 Å². The second-order valence-corrected chi connectivity index (χ2v) is 6.34. The number of nitrogens with zero attached hydrogens (tertiary/aromatic N) is 3. The standard InChI is InChI=1S/C21H15N3O2/c1-2-23-19(25)15-9-5-6-10-18(15)24-20(26)16-11-13-7-3-4-8-14(13)12-17(16)22-21(23)24/h3-12H,2H2,1H3. The molecule has 0 N–H and O–H groups in total. The molecular weight excluding hydrogens is 326 g/mol. The third kappa shape index (κ3) is 1.88. The van der Waals surface area contributed by atoms with Gasteiger partial charge in [0.25, 0.3) is 11.1 Å². The molecule has 2 heterocycles. The average Bonchev–Trinajstić information content (AvgIpc) is 2.67. The molecule has 0 atom stereocenters. The molecule has 126 valence electrons. The second-order valence-electron chi connectivity index (χ2n) is 6.34. The van der Waals surface area contributed by atoms with Gasteiger partial charge in [0.15, 0.2) is 0 Å². The maximum atomic E-state index is 13.3. The lowest BCUT2D eigenvalue weighted by atomic mass is 10.1. The van der Waals surface area contributed by atoms with Crippen molar-refractivity contribution in [3.63, 3.8) is 0 Å². The maximum Gasteiger partial charge on any atom is 0.267 e. The van der Waals surface area contributed by atoms with Crippen LogP contribution in [0.25, 0.3) is 38.4 Å². The Hall–Kier alpha value is -3.47. The van der Waals surface area contributed by atoms with Crippen molar-refractivity contribution in [2.24, 2.45) is 0 Å². The molecule has 2 aromatic heterocycles. The average molecular weight is 341 g/mol. The van der Waals surface area contributed by atoms with E-state index in [-0.39, 0.29) is 11.1 Å². The van der Waals surface area contributed by atoms with Gasteiger partial charge in [0.05, 0.1) is 21.8 Å². The molecule has 0 saturated carbocycles. The summed E-state index contributed by atoms with van der Waals surface area (Å²) in [6, 6.07) is 18.8. The molecule has 0 unspecified atom stereocenters.